The molecular formula is C15H29N3O4S. The fraction of sp³-hybridized carbons (Fsp3) is 0.933. The highest BCUT2D eigenvalue weighted by Gasteiger charge is 2.33. The summed E-state index contributed by atoms with van der Waals surface area (Å²) in [6.07, 6.45) is 3.70. The molecule has 2 fully saturated rings. The number of nitrogens with one attached hydrogen (secondary N) is 2. The Labute approximate surface area is 139 Å². The second-order valence-electron chi connectivity index (χ2n) is 6.57. The molecule has 0 aliphatic carbocycles. The molecule has 8 heteroatoms. The van der Waals surface area contributed by atoms with Gasteiger partial charge in [0.25, 0.3) is 0 Å². The number of nitrogens with zero attached hydrogens (tertiary/aromatic N) is 1. The summed E-state index contributed by atoms with van der Waals surface area (Å²) in [5, 5.41) is 5.61. The SMILES string of the molecule is COCC(C)S(=O)(=O)N1CCCC(CNC(=O)C2CCCN2)C1. The minimum absolute atomic E-state index is 0.0373. The van der Waals surface area contributed by atoms with E-state index in [1.165, 1.54) is 7.11 Å². The van der Waals surface area contributed by atoms with Gasteiger partial charge in [0, 0.05) is 26.7 Å². The number of hydrogen-bond donors (Lipinski definition) is 2. The van der Waals surface area contributed by atoms with Gasteiger partial charge in [-0.3, -0.25) is 4.79 Å². The first-order chi connectivity index (χ1) is 10.9. The van der Waals surface area contributed by atoms with Crippen molar-refractivity contribution in [3.8, 4) is 0 Å². The molecule has 0 aromatic carbocycles. The van der Waals surface area contributed by atoms with Gasteiger partial charge in [0.1, 0.15) is 0 Å². The van der Waals surface area contributed by atoms with E-state index in [4.69, 9.17) is 4.74 Å². The first-order valence-electron chi connectivity index (χ1n) is 8.44. The third-order valence-electron chi connectivity index (χ3n) is 4.69. The van der Waals surface area contributed by atoms with E-state index in [1.807, 2.05) is 0 Å². The Balaban J connectivity index is 1.84. The smallest absolute Gasteiger partial charge is 0.237 e. The van der Waals surface area contributed by atoms with Crippen LogP contribution in [0.1, 0.15) is 32.6 Å². The van der Waals surface area contributed by atoms with Crippen LogP contribution in [0.5, 0.6) is 0 Å². The van der Waals surface area contributed by atoms with Crippen LogP contribution in [0.3, 0.4) is 0 Å². The first kappa shape index (κ1) is 18.6. The van der Waals surface area contributed by atoms with E-state index in [0.717, 1.165) is 32.2 Å². The lowest BCUT2D eigenvalue weighted by atomic mass is 9.99. The number of amides is 1. The van der Waals surface area contributed by atoms with Gasteiger partial charge in [-0.2, -0.15) is 0 Å². The Morgan fingerprint density at radius 3 is 2.83 bits per heavy atom. The Kier molecular flexibility index (Phi) is 6.82. The van der Waals surface area contributed by atoms with Crippen LogP contribution in [-0.4, -0.2) is 69.8 Å². The average Bonchev–Trinajstić information content (AvgIpc) is 3.07. The standard InChI is InChI=1S/C15H29N3O4S/c1-12(11-22-2)23(20,21)18-8-4-5-13(10-18)9-17-15(19)14-6-3-7-16-14/h12-14,16H,3-11H2,1-2H3,(H,17,19). The van der Waals surface area contributed by atoms with Gasteiger partial charge in [-0.05, 0) is 45.1 Å². The Bertz CT molecular complexity index is 491. The number of hydrogen-bond acceptors (Lipinski definition) is 5. The average molecular weight is 347 g/mol. The maximum Gasteiger partial charge on any atom is 0.237 e. The van der Waals surface area contributed by atoms with Crippen LogP contribution < -0.4 is 10.6 Å². The van der Waals surface area contributed by atoms with Crippen molar-refractivity contribution in [2.24, 2.45) is 5.92 Å². The third kappa shape index (κ3) is 4.89. The van der Waals surface area contributed by atoms with Crippen molar-refractivity contribution >= 4 is 15.9 Å². The molecule has 0 saturated carbocycles. The molecule has 3 atom stereocenters. The van der Waals surface area contributed by atoms with Gasteiger partial charge in [0.05, 0.1) is 17.9 Å². The largest absolute Gasteiger partial charge is 0.383 e. The number of carbonyl (C=O) groups is 1. The quantitative estimate of drug-likeness (QED) is 0.673. The van der Waals surface area contributed by atoms with Crippen LogP contribution in [-0.2, 0) is 19.6 Å². The molecule has 2 heterocycles. The molecule has 0 spiro atoms. The molecule has 2 rings (SSSR count). The number of ether oxygens (including phenoxy) is 1. The van der Waals surface area contributed by atoms with Crippen LogP contribution in [0, 0.1) is 5.92 Å². The molecule has 0 aromatic rings. The normalized spacial score (nSPS) is 27.7. The molecule has 1 amide bonds. The summed E-state index contributed by atoms with van der Waals surface area (Å²) in [6.45, 7) is 4.36. The van der Waals surface area contributed by atoms with E-state index in [0.29, 0.717) is 19.6 Å². The molecule has 23 heavy (non-hydrogen) atoms. The zero-order chi connectivity index (χ0) is 16.9. The van der Waals surface area contributed by atoms with Crippen molar-refractivity contribution in [2.45, 2.75) is 43.9 Å². The predicted molar refractivity (Wildman–Crippen MR) is 88.6 cm³/mol. The van der Waals surface area contributed by atoms with Gasteiger partial charge in [-0.25, -0.2) is 12.7 Å². The van der Waals surface area contributed by atoms with Crippen molar-refractivity contribution < 1.29 is 17.9 Å². The molecule has 3 unspecified atom stereocenters. The number of rotatable bonds is 7. The molecule has 2 aliphatic rings. The van der Waals surface area contributed by atoms with Crippen LogP contribution >= 0.6 is 0 Å². The summed E-state index contributed by atoms with van der Waals surface area (Å²) in [4.78, 5) is 12.0. The first-order valence-corrected chi connectivity index (χ1v) is 9.94. The van der Waals surface area contributed by atoms with Crippen LogP contribution in [0.25, 0.3) is 0 Å². The molecule has 2 aliphatic heterocycles. The molecular weight excluding hydrogens is 318 g/mol. The molecule has 0 aromatic heterocycles. The van der Waals surface area contributed by atoms with Crippen LogP contribution in [0.2, 0.25) is 0 Å². The molecule has 0 bridgehead atoms. The summed E-state index contributed by atoms with van der Waals surface area (Å²) in [5.41, 5.74) is 0. The van der Waals surface area contributed by atoms with Gasteiger partial charge < -0.3 is 15.4 Å². The second kappa shape index (κ2) is 8.41. The topological polar surface area (TPSA) is 87.7 Å². The highest BCUT2D eigenvalue weighted by atomic mass is 32.2. The summed E-state index contributed by atoms with van der Waals surface area (Å²) < 4.78 is 31.6. The van der Waals surface area contributed by atoms with E-state index in [9.17, 15) is 13.2 Å². The maximum absolute atomic E-state index is 12.5. The lowest BCUT2D eigenvalue weighted by Gasteiger charge is -2.33. The number of sulfonamides is 1. The zero-order valence-corrected chi connectivity index (χ0v) is 14.9. The van der Waals surface area contributed by atoms with Crippen LogP contribution in [0.15, 0.2) is 0 Å². The fourth-order valence-electron chi connectivity index (χ4n) is 3.28. The lowest BCUT2D eigenvalue weighted by Crippen LogP contribution is -2.48. The highest BCUT2D eigenvalue weighted by molar-refractivity contribution is 7.89. The summed E-state index contributed by atoms with van der Waals surface area (Å²) in [6, 6.07) is -0.0832. The Morgan fingerprint density at radius 1 is 1.39 bits per heavy atom. The predicted octanol–water partition coefficient (Wildman–Crippen LogP) is -0.0687. The highest BCUT2D eigenvalue weighted by Crippen LogP contribution is 2.21. The van der Waals surface area contributed by atoms with Gasteiger partial charge in [0.15, 0.2) is 0 Å². The molecule has 2 saturated heterocycles. The van der Waals surface area contributed by atoms with Crippen molar-refractivity contribution in [3.63, 3.8) is 0 Å². The van der Waals surface area contributed by atoms with Crippen molar-refractivity contribution in [2.75, 3.05) is 39.9 Å². The third-order valence-corrected chi connectivity index (χ3v) is 6.90. The minimum Gasteiger partial charge on any atom is -0.383 e. The van der Waals surface area contributed by atoms with E-state index >= 15 is 0 Å². The number of methoxy groups -OCH3 is 1. The van der Waals surface area contributed by atoms with Gasteiger partial charge >= 0.3 is 0 Å². The van der Waals surface area contributed by atoms with E-state index < -0.39 is 15.3 Å². The maximum atomic E-state index is 12.5. The van der Waals surface area contributed by atoms with E-state index in [1.54, 1.807) is 11.2 Å². The summed E-state index contributed by atoms with van der Waals surface area (Å²) in [7, 11) is -1.82. The van der Waals surface area contributed by atoms with Crippen molar-refractivity contribution in [3.05, 3.63) is 0 Å². The van der Waals surface area contributed by atoms with Gasteiger partial charge in [-0.15, -0.1) is 0 Å². The minimum atomic E-state index is -3.33. The van der Waals surface area contributed by atoms with E-state index in [-0.39, 0.29) is 24.5 Å². The molecule has 0 radical (unpaired) electrons. The van der Waals surface area contributed by atoms with Crippen molar-refractivity contribution in [1.82, 2.24) is 14.9 Å². The van der Waals surface area contributed by atoms with E-state index in [2.05, 4.69) is 10.6 Å². The lowest BCUT2D eigenvalue weighted by molar-refractivity contribution is -0.123. The fourth-order valence-corrected chi connectivity index (χ4v) is 4.90. The summed E-state index contributed by atoms with van der Waals surface area (Å²) >= 11 is 0. The van der Waals surface area contributed by atoms with Crippen molar-refractivity contribution in [1.29, 1.82) is 0 Å². The van der Waals surface area contributed by atoms with Gasteiger partial charge in [0.2, 0.25) is 15.9 Å². The van der Waals surface area contributed by atoms with Crippen LogP contribution in [0.4, 0.5) is 0 Å². The monoisotopic (exact) mass is 347 g/mol. The number of carbonyl (C=O) groups excluding carboxylic acids is 1. The second-order valence-corrected chi connectivity index (χ2v) is 8.92. The number of piperidine rings is 1. The Hall–Kier alpha value is -0.700. The Morgan fingerprint density at radius 2 is 2.17 bits per heavy atom. The molecule has 7 nitrogen and oxygen atoms in total. The molecule has 2 N–H and O–H groups in total. The summed E-state index contributed by atoms with van der Waals surface area (Å²) in [5.74, 6) is 0.217. The van der Waals surface area contributed by atoms with Gasteiger partial charge in [-0.1, -0.05) is 0 Å². The molecule has 134 valence electrons. The zero-order valence-electron chi connectivity index (χ0n) is 14.1.